The lowest BCUT2D eigenvalue weighted by molar-refractivity contribution is 0.597. The third-order valence-electron chi connectivity index (χ3n) is 2.64. The lowest BCUT2D eigenvalue weighted by atomic mass is 10.0. The van der Waals surface area contributed by atoms with Crippen LogP contribution in [0.3, 0.4) is 0 Å². The van der Waals surface area contributed by atoms with Crippen molar-refractivity contribution >= 4 is 6.08 Å². The van der Waals surface area contributed by atoms with E-state index < -0.39 is 0 Å². The van der Waals surface area contributed by atoms with E-state index in [2.05, 4.69) is 48.0 Å². The molecule has 90 valence electrons. The Bertz CT molecular complexity index is 337. The molecule has 1 aromatic heterocycles. The lowest BCUT2D eigenvalue weighted by Gasteiger charge is -2.11. The van der Waals surface area contributed by atoms with Crippen molar-refractivity contribution in [2.24, 2.45) is 5.92 Å². The number of nitrogens with one attached hydrogen (secondary N) is 1. The molecule has 0 bridgehead atoms. The fourth-order valence-electron chi connectivity index (χ4n) is 1.68. The van der Waals surface area contributed by atoms with Gasteiger partial charge in [0.15, 0.2) is 0 Å². The maximum atomic E-state index is 4.33. The molecule has 0 saturated carbocycles. The zero-order valence-corrected chi connectivity index (χ0v) is 10.8. The third-order valence-corrected chi connectivity index (χ3v) is 2.64. The molecule has 0 radical (unpaired) electrons. The summed E-state index contributed by atoms with van der Waals surface area (Å²) < 4.78 is 2.07. The summed E-state index contributed by atoms with van der Waals surface area (Å²) >= 11 is 0. The number of aromatic nitrogens is 2. The van der Waals surface area contributed by atoms with Crippen LogP contribution < -0.4 is 5.32 Å². The van der Waals surface area contributed by atoms with Crippen LogP contribution >= 0.6 is 0 Å². The highest BCUT2D eigenvalue weighted by Crippen LogP contribution is 2.14. The van der Waals surface area contributed by atoms with Gasteiger partial charge in [0, 0.05) is 19.3 Å². The van der Waals surface area contributed by atoms with Crippen LogP contribution in [-0.2, 0) is 6.54 Å². The molecule has 3 heteroatoms. The van der Waals surface area contributed by atoms with E-state index in [0.29, 0.717) is 5.92 Å². The van der Waals surface area contributed by atoms with Gasteiger partial charge in [-0.3, -0.25) is 4.68 Å². The van der Waals surface area contributed by atoms with Gasteiger partial charge in [0.2, 0.25) is 0 Å². The number of hydrogen-bond donors (Lipinski definition) is 1. The molecule has 0 aromatic carbocycles. The van der Waals surface area contributed by atoms with Gasteiger partial charge in [0.1, 0.15) is 0 Å². The Balaban J connectivity index is 2.88. The van der Waals surface area contributed by atoms with Crippen molar-refractivity contribution in [3.8, 4) is 0 Å². The van der Waals surface area contributed by atoms with Crippen molar-refractivity contribution in [1.82, 2.24) is 15.1 Å². The zero-order valence-electron chi connectivity index (χ0n) is 10.8. The minimum absolute atomic E-state index is 0.567. The van der Waals surface area contributed by atoms with Crippen LogP contribution in [0, 0.1) is 5.92 Å². The lowest BCUT2D eigenvalue weighted by Crippen LogP contribution is -2.14. The van der Waals surface area contributed by atoms with E-state index in [0.717, 1.165) is 19.5 Å². The minimum Gasteiger partial charge on any atom is -0.316 e. The minimum atomic E-state index is 0.567. The van der Waals surface area contributed by atoms with E-state index in [9.17, 15) is 0 Å². The van der Waals surface area contributed by atoms with Crippen molar-refractivity contribution < 1.29 is 0 Å². The molecule has 0 fully saturated rings. The summed E-state index contributed by atoms with van der Waals surface area (Å²) in [6.07, 6.45) is 5.24. The quantitative estimate of drug-likeness (QED) is 0.800. The van der Waals surface area contributed by atoms with Crippen molar-refractivity contribution in [2.75, 3.05) is 13.6 Å². The van der Waals surface area contributed by atoms with Crippen molar-refractivity contribution in [3.05, 3.63) is 23.5 Å². The first-order valence-corrected chi connectivity index (χ1v) is 6.05. The number of rotatable bonds is 6. The van der Waals surface area contributed by atoms with Crippen LogP contribution in [0.2, 0.25) is 0 Å². The second-order valence-electron chi connectivity index (χ2n) is 4.38. The number of nitrogens with zero attached hydrogens (tertiary/aromatic N) is 2. The van der Waals surface area contributed by atoms with Gasteiger partial charge in [0.05, 0.1) is 5.69 Å². The molecule has 0 atom stereocenters. The Kier molecular flexibility index (Phi) is 5.26. The molecule has 16 heavy (non-hydrogen) atoms. The summed E-state index contributed by atoms with van der Waals surface area (Å²) in [5, 5.41) is 7.55. The predicted molar refractivity (Wildman–Crippen MR) is 69.3 cm³/mol. The van der Waals surface area contributed by atoms with Gasteiger partial charge in [-0.05, 0) is 31.5 Å². The van der Waals surface area contributed by atoms with E-state index in [1.807, 2.05) is 13.2 Å². The maximum absolute atomic E-state index is 4.33. The summed E-state index contributed by atoms with van der Waals surface area (Å²) in [4.78, 5) is 0. The SMILES string of the molecule is CCCn1nccc1/C=C(/CNC)C(C)C. The Hall–Kier alpha value is -1.09. The van der Waals surface area contributed by atoms with Gasteiger partial charge in [0.25, 0.3) is 0 Å². The number of hydrogen-bond acceptors (Lipinski definition) is 2. The molecule has 3 nitrogen and oxygen atoms in total. The monoisotopic (exact) mass is 221 g/mol. The molecule has 1 N–H and O–H groups in total. The van der Waals surface area contributed by atoms with Gasteiger partial charge >= 0.3 is 0 Å². The smallest absolute Gasteiger partial charge is 0.0609 e. The Morgan fingerprint density at radius 3 is 2.88 bits per heavy atom. The molecule has 0 spiro atoms. The van der Waals surface area contributed by atoms with E-state index in [1.54, 1.807) is 0 Å². The van der Waals surface area contributed by atoms with Crippen LogP contribution in [0.15, 0.2) is 17.8 Å². The second-order valence-corrected chi connectivity index (χ2v) is 4.38. The van der Waals surface area contributed by atoms with Gasteiger partial charge < -0.3 is 5.32 Å². The molecule has 0 saturated heterocycles. The molecule has 0 amide bonds. The van der Waals surface area contributed by atoms with Crippen molar-refractivity contribution in [2.45, 2.75) is 33.7 Å². The van der Waals surface area contributed by atoms with E-state index in [4.69, 9.17) is 0 Å². The fourth-order valence-corrected chi connectivity index (χ4v) is 1.68. The average Bonchev–Trinajstić information content (AvgIpc) is 2.65. The first-order chi connectivity index (χ1) is 7.69. The van der Waals surface area contributed by atoms with Crippen molar-refractivity contribution in [3.63, 3.8) is 0 Å². The highest BCUT2D eigenvalue weighted by Gasteiger charge is 2.05. The van der Waals surface area contributed by atoms with Gasteiger partial charge in [-0.15, -0.1) is 0 Å². The summed E-state index contributed by atoms with van der Waals surface area (Å²) in [5.74, 6) is 0.567. The summed E-state index contributed by atoms with van der Waals surface area (Å²) in [7, 11) is 1.99. The second kappa shape index (κ2) is 6.48. The molecule has 1 rings (SSSR count). The number of aryl methyl sites for hydroxylation is 1. The van der Waals surface area contributed by atoms with Gasteiger partial charge in [-0.2, -0.15) is 5.10 Å². The van der Waals surface area contributed by atoms with Gasteiger partial charge in [-0.25, -0.2) is 0 Å². The molecule has 0 aliphatic heterocycles. The third kappa shape index (κ3) is 3.49. The fraction of sp³-hybridized carbons (Fsp3) is 0.615. The molecule has 0 aliphatic carbocycles. The highest BCUT2D eigenvalue weighted by atomic mass is 15.3. The molecule has 1 heterocycles. The van der Waals surface area contributed by atoms with E-state index >= 15 is 0 Å². The van der Waals surface area contributed by atoms with Crippen molar-refractivity contribution in [1.29, 1.82) is 0 Å². The van der Waals surface area contributed by atoms with Crippen LogP contribution in [0.5, 0.6) is 0 Å². The zero-order chi connectivity index (χ0) is 12.0. The number of likely N-dealkylation sites (N-methyl/N-ethyl adjacent to an activating group) is 1. The Labute approximate surface area is 98.5 Å². The topological polar surface area (TPSA) is 29.9 Å². The molecule has 0 unspecified atom stereocenters. The first-order valence-electron chi connectivity index (χ1n) is 6.05. The summed E-state index contributed by atoms with van der Waals surface area (Å²) in [6, 6.07) is 2.08. The molecule has 0 aliphatic rings. The van der Waals surface area contributed by atoms with Crippen LogP contribution in [-0.4, -0.2) is 23.4 Å². The highest BCUT2D eigenvalue weighted by molar-refractivity contribution is 5.50. The van der Waals surface area contributed by atoms with Crippen LogP contribution in [0.4, 0.5) is 0 Å². The first kappa shape index (κ1) is 13.0. The standard InChI is InChI=1S/C13H23N3/c1-5-8-16-13(6-7-15-16)9-12(10-14-4)11(2)3/h6-7,9,11,14H,5,8,10H2,1-4H3/b12-9-. The Morgan fingerprint density at radius 1 is 1.56 bits per heavy atom. The molecule has 1 aromatic rings. The molecular weight excluding hydrogens is 198 g/mol. The Morgan fingerprint density at radius 2 is 2.31 bits per heavy atom. The van der Waals surface area contributed by atoms with Crippen LogP contribution in [0.25, 0.3) is 6.08 Å². The largest absolute Gasteiger partial charge is 0.316 e. The summed E-state index contributed by atoms with van der Waals surface area (Å²) in [6.45, 7) is 8.55. The summed E-state index contributed by atoms with van der Waals surface area (Å²) in [5.41, 5.74) is 2.63. The normalized spacial score (nSPS) is 12.4. The predicted octanol–water partition coefficient (Wildman–Crippen LogP) is 2.55. The molecular formula is C13H23N3. The maximum Gasteiger partial charge on any atom is 0.0609 e. The van der Waals surface area contributed by atoms with Gasteiger partial charge in [-0.1, -0.05) is 26.3 Å². The van der Waals surface area contributed by atoms with E-state index in [-0.39, 0.29) is 0 Å². The average molecular weight is 221 g/mol. The van der Waals surface area contributed by atoms with Crippen LogP contribution in [0.1, 0.15) is 32.9 Å². The van der Waals surface area contributed by atoms with E-state index in [1.165, 1.54) is 11.3 Å².